The van der Waals surface area contributed by atoms with E-state index in [2.05, 4.69) is 5.32 Å². The molecule has 1 saturated carbocycles. The zero-order valence-electron chi connectivity index (χ0n) is 8.81. The van der Waals surface area contributed by atoms with E-state index in [9.17, 15) is 13.6 Å². The lowest BCUT2D eigenvalue weighted by Gasteiger charge is -2.35. The molecule has 1 aliphatic carbocycles. The van der Waals surface area contributed by atoms with Crippen LogP contribution in [-0.2, 0) is 4.79 Å². The number of amides is 1. The number of alkyl halides is 2. The molecule has 0 heterocycles. The maximum absolute atomic E-state index is 12.8. The van der Waals surface area contributed by atoms with Crippen molar-refractivity contribution in [3.8, 4) is 0 Å². The number of carbonyl (C=O) groups excluding carboxylic acids is 1. The average molecular weight is 205 g/mol. The molecule has 0 saturated heterocycles. The van der Waals surface area contributed by atoms with Crippen LogP contribution in [0.4, 0.5) is 8.78 Å². The van der Waals surface area contributed by atoms with Gasteiger partial charge in [-0.25, -0.2) is 8.78 Å². The lowest BCUT2D eigenvalue weighted by molar-refractivity contribution is -0.163. The van der Waals surface area contributed by atoms with E-state index in [1.54, 1.807) is 0 Å². The van der Waals surface area contributed by atoms with Crippen molar-refractivity contribution in [2.45, 2.75) is 45.6 Å². The summed E-state index contributed by atoms with van der Waals surface area (Å²) in [6.07, 6.45) is 0.158. The van der Waals surface area contributed by atoms with Gasteiger partial charge in [0.05, 0.1) is 0 Å². The molecule has 2 atom stereocenters. The zero-order chi connectivity index (χ0) is 10.9. The second-order valence-corrected chi connectivity index (χ2v) is 4.39. The third kappa shape index (κ3) is 2.22. The van der Waals surface area contributed by atoms with E-state index >= 15 is 0 Å². The highest BCUT2D eigenvalue weighted by Crippen LogP contribution is 2.43. The summed E-state index contributed by atoms with van der Waals surface area (Å²) in [5, 5.41) is 2.62. The smallest absolute Gasteiger partial charge is 0.259 e. The van der Waals surface area contributed by atoms with Gasteiger partial charge in [-0.1, -0.05) is 13.8 Å². The minimum absolute atomic E-state index is 0.0427. The molecule has 1 aliphatic rings. The number of nitrogens with one attached hydrogen (secondary N) is 1. The molecule has 1 fully saturated rings. The SMILES string of the molecule is CC(C)[C@@H](C)NC(=O)C1CCC1(F)F. The Labute approximate surface area is 83.1 Å². The molecule has 1 rings (SSSR count). The van der Waals surface area contributed by atoms with Crippen molar-refractivity contribution in [1.82, 2.24) is 5.32 Å². The molecule has 0 bridgehead atoms. The Morgan fingerprint density at radius 2 is 2.00 bits per heavy atom. The first kappa shape index (κ1) is 11.4. The summed E-state index contributed by atoms with van der Waals surface area (Å²) in [6, 6.07) is -0.0427. The maximum atomic E-state index is 12.8. The lowest BCUT2D eigenvalue weighted by Crippen LogP contribution is -2.51. The molecule has 82 valence electrons. The van der Waals surface area contributed by atoms with Crippen LogP contribution in [-0.4, -0.2) is 17.9 Å². The Kier molecular flexibility index (Phi) is 3.12. The van der Waals surface area contributed by atoms with E-state index in [1.165, 1.54) is 0 Å². The molecule has 4 heteroatoms. The molecule has 2 nitrogen and oxygen atoms in total. The Morgan fingerprint density at radius 1 is 1.43 bits per heavy atom. The number of halogens is 2. The van der Waals surface area contributed by atoms with Crippen LogP contribution >= 0.6 is 0 Å². The Hall–Kier alpha value is -0.670. The molecular weight excluding hydrogens is 188 g/mol. The first-order valence-electron chi connectivity index (χ1n) is 5.03. The molecule has 1 N–H and O–H groups in total. The van der Waals surface area contributed by atoms with Crippen molar-refractivity contribution in [3.63, 3.8) is 0 Å². The third-order valence-corrected chi connectivity index (χ3v) is 2.96. The molecule has 1 amide bonds. The highest BCUT2D eigenvalue weighted by atomic mass is 19.3. The lowest BCUT2D eigenvalue weighted by atomic mass is 9.80. The fraction of sp³-hybridized carbons (Fsp3) is 0.900. The van der Waals surface area contributed by atoms with E-state index in [1.807, 2.05) is 20.8 Å². The highest BCUT2D eigenvalue weighted by molar-refractivity contribution is 5.80. The van der Waals surface area contributed by atoms with Gasteiger partial charge in [0.15, 0.2) is 0 Å². The Balaban J connectivity index is 2.43. The first-order chi connectivity index (χ1) is 6.34. The number of rotatable bonds is 3. The van der Waals surface area contributed by atoms with Gasteiger partial charge in [-0.05, 0) is 19.3 Å². The van der Waals surface area contributed by atoms with Crippen LogP contribution < -0.4 is 5.32 Å². The molecular formula is C10H17F2NO. The minimum Gasteiger partial charge on any atom is -0.353 e. The van der Waals surface area contributed by atoms with Gasteiger partial charge in [0.1, 0.15) is 5.92 Å². The summed E-state index contributed by atoms with van der Waals surface area (Å²) in [5.41, 5.74) is 0. The van der Waals surface area contributed by atoms with E-state index in [0.717, 1.165) is 0 Å². The standard InChI is InChI=1S/C10H17F2NO/c1-6(2)7(3)13-9(14)8-4-5-10(8,11)12/h6-8H,4-5H2,1-3H3,(H,13,14)/t7-,8?/m1/s1. The highest BCUT2D eigenvalue weighted by Gasteiger charge is 2.52. The Morgan fingerprint density at radius 3 is 2.29 bits per heavy atom. The van der Waals surface area contributed by atoms with E-state index < -0.39 is 17.7 Å². The molecule has 1 unspecified atom stereocenters. The Bertz CT molecular complexity index is 228. The minimum atomic E-state index is -2.78. The fourth-order valence-electron chi connectivity index (χ4n) is 1.32. The van der Waals surface area contributed by atoms with Crippen LogP contribution in [0.2, 0.25) is 0 Å². The predicted molar refractivity (Wildman–Crippen MR) is 50.1 cm³/mol. The second kappa shape index (κ2) is 3.83. The first-order valence-corrected chi connectivity index (χ1v) is 5.03. The van der Waals surface area contributed by atoms with Crippen molar-refractivity contribution in [2.24, 2.45) is 11.8 Å². The van der Waals surface area contributed by atoms with Crippen LogP contribution in [0.25, 0.3) is 0 Å². The average Bonchev–Trinajstić information content (AvgIpc) is 2.02. The molecule has 0 radical (unpaired) electrons. The van der Waals surface area contributed by atoms with E-state index in [4.69, 9.17) is 0 Å². The number of hydrogen-bond acceptors (Lipinski definition) is 1. The second-order valence-electron chi connectivity index (χ2n) is 4.39. The van der Waals surface area contributed by atoms with Crippen molar-refractivity contribution in [1.29, 1.82) is 0 Å². The van der Waals surface area contributed by atoms with Crippen molar-refractivity contribution < 1.29 is 13.6 Å². The maximum Gasteiger partial charge on any atom is 0.259 e. The van der Waals surface area contributed by atoms with Gasteiger partial charge in [-0.2, -0.15) is 0 Å². The summed E-state index contributed by atoms with van der Waals surface area (Å²) >= 11 is 0. The zero-order valence-corrected chi connectivity index (χ0v) is 8.81. The van der Waals surface area contributed by atoms with Crippen LogP contribution in [0.1, 0.15) is 33.6 Å². The van der Waals surface area contributed by atoms with Crippen LogP contribution in [0, 0.1) is 11.8 Å². The number of carbonyl (C=O) groups is 1. The van der Waals surface area contributed by atoms with Crippen molar-refractivity contribution in [2.75, 3.05) is 0 Å². The van der Waals surface area contributed by atoms with Crippen molar-refractivity contribution >= 4 is 5.91 Å². The molecule has 0 aromatic rings. The topological polar surface area (TPSA) is 29.1 Å². The third-order valence-electron chi connectivity index (χ3n) is 2.96. The van der Waals surface area contributed by atoms with Crippen LogP contribution in [0.3, 0.4) is 0 Å². The molecule has 0 aromatic carbocycles. The fourth-order valence-corrected chi connectivity index (χ4v) is 1.32. The van der Waals surface area contributed by atoms with E-state index in [0.29, 0.717) is 6.42 Å². The monoisotopic (exact) mass is 205 g/mol. The van der Waals surface area contributed by atoms with Gasteiger partial charge < -0.3 is 5.32 Å². The summed E-state index contributed by atoms with van der Waals surface area (Å²) < 4.78 is 25.7. The largest absolute Gasteiger partial charge is 0.353 e. The van der Waals surface area contributed by atoms with Gasteiger partial charge in [-0.3, -0.25) is 4.79 Å². The predicted octanol–water partition coefficient (Wildman–Crippen LogP) is 2.19. The van der Waals surface area contributed by atoms with Gasteiger partial charge in [0, 0.05) is 12.5 Å². The van der Waals surface area contributed by atoms with Crippen molar-refractivity contribution in [3.05, 3.63) is 0 Å². The van der Waals surface area contributed by atoms with Gasteiger partial charge >= 0.3 is 0 Å². The van der Waals surface area contributed by atoms with Crippen LogP contribution in [0.15, 0.2) is 0 Å². The molecule has 0 aromatic heterocycles. The summed E-state index contributed by atoms with van der Waals surface area (Å²) in [4.78, 5) is 11.4. The molecule has 14 heavy (non-hydrogen) atoms. The summed E-state index contributed by atoms with van der Waals surface area (Å²) in [7, 11) is 0. The van der Waals surface area contributed by atoms with Crippen LogP contribution in [0.5, 0.6) is 0 Å². The summed E-state index contributed by atoms with van der Waals surface area (Å²) in [5.74, 6) is -4.10. The van der Waals surface area contributed by atoms with E-state index in [-0.39, 0.29) is 18.4 Å². The molecule has 0 aliphatic heterocycles. The number of hydrogen-bond donors (Lipinski definition) is 1. The van der Waals surface area contributed by atoms with Gasteiger partial charge in [-0.15, -0.1) is 0 Å². The molecule has 0 spiro atoms. The van der Waals surface area contributed by atoms with Gasteiger partial charge in [0.2, 0.25) is 5.91 Å². The van der Waals surface area contributed by atoms with Gasteiger partial charge in [0.25, 0.3) is 5.92 Å². The normalized spacial score (nSPS) is 26.9. The summed E-state index contributed by atoms with van der Waals surface area (Å²) in [6.45, 7) is 5.73. The quantitative estimate of drug-likeness (QED) is 0.751.